The van der Waals surface area contributed by atoms with Crippen LogP contribution in [-0.2, 0) is 0 Å². The molecule has 1 aromatic rings. The Morgan fingerprint density at radius 2 is 1.75 bits per heavy atom. The van der Waals surface area contributed by atoms with Crippen molar-refractivity contribution in [3.05, 3.63) is 30.3 Å². The molecule has 0 spiro atoms. The number of hydrogen-bond donors (Lipinski definition) is 2. The van der Waals surface area contributed by atoms with Gasteiger partial charge in [0.2, 0.25) is 0 Å². The fourth-order valence-electron chi connectivity index (χ4n) is 1.22. The molecule has 1 aromatic carbocycles. The molecule has 0 atom stereocenters. The summed E-state index contributed by atoms with van der Waals surface area (Å²) >= 11 is 0. The van der Waals surface area contributed by atoms with Gasteiger partial charge in [-0.05, 0) is 12.1 Å². The summed E-state index contributed by atoms with van der Waals surface area (Å²) in [7, 11) is 0. The van der Waals surface area contributed by atoms with E-state index in [2.05, 4.69) is 10.9 Å². The van der Waals surface area contributed by atoms with Gasteiger partial charge in [0, 0.05) is 13.1 Å². The van der Waals surface area contributed by atoms with Gasteiger partial charge in [0.25, 0.3) is 0 Å². The zero-order chi connectivity index (χ0) is 8.23. The smallest absolute Gasteiger partial charge is 0.126 e. The van der Waals surface area contributed by atoms with Crippen LogP contribution in [0.25, 0.3) is 0 Å². The van der Waals surface area contributed by atoms with E-state index in [4.69, 9.17) is 4.74 Å². The first-order chi connectivity index (χ1) is 5.95. The minimum Gasteiger partial charge on any atom is -0.488 e. The van der Waals surface area contributed by atoms with Gasteiger partial charge in [0.1, 0.15) is 11.9 Å². The van der Waals surface area contributed by atoms with Crippen LogP contribution < -0.4 is 15.6 Å². The highest BCUT2D eigenvalue weighted by Crippen LogP contribution is 2.10. The summed E-state index contributed by atoms with van der Waals surface area (Å²) in [5, 5.41) is 0. The first kappa shape index (κ1) is 7.58. The molecule has 1 fully saturated rings. The van der Waals surface area contributed by atoms with Crippen molar-refractivity contribution in [1.82, 2.24) is 10.9 Å². The van der Waals surface area contributed by atoms with Crippen LogP contribution in [0.15, 0.2) is 30.3 Å². The Kier molecular flexibility index (Phi) is 2.25. The van der Waals surface area contributed by atoms with Crippen LogP contribution in [-0.4, -0.2) is 19.2 Å². The molecule has 1 aliphatic rings. The fraction of sp³-hybridized carbons (Fsp3) is 0.333. The molecule has 0 aromatic heterocycles. The molecule has 0 amide bonds. The lowest BCUT2D eigenvalue weighted by molar-refractivity contribution is 0.233. The highest BCUT2D eigenvalue weighted by atomic mass is 16.5. The molecule has 0 bridgehead atoms. The molecule has 0 saturated carbocycles. The monoisotopic (exact) mass is 164 g/mol. The largest absolute Gasteiger partial charge is 0.488 e. The van der Waals surface area contributed by atoms with Crippen LogP contribution in [0.5, 0.6) is 5.75 Å². The zero-order valence-electron chi connectivity index (χ0n) is 6.79. The summed E-state index contributed by atoms with van der Waals surface area (Å²) in [6.07, 6.45) is 0.257. The van der Waals surface area contributed by atoms with Crippen molar-refractivity contribution in [3.8, 4) is 5.75 Å². The van der Waals surface area contributed by atoms with Crippen molar-refractivity contribution in [1.29, 1.82) is 0 Å². The molecule has 64 valence electrons. The third kappa shape index (κ3) is 1.75. The second-order valence-electron chi connectivity index (χ2n) is 2.81. The Hall–Kier alpha value is -1.06. The van der Waals surface area contributed by atoms with Crippen molar-refractivity contribution < 1.29 is 4.74 Å². The normalized spacial score (nSPS) is 18.0. The van der Waals surface area contributed by atoms with Crippen molar-refractivity contribution in [2.24, 2.45) is 0 Å². The van der Waals surface area contributed by atoms with Gasteiger partial charge in [-0.1, -0.05) is 18.2 Å². The van der Waals surface area contributed by atoms with E-state index in [0.717, 1.165) is 18.8 Å². The predicted molar refractivity (Wildman–Crippen MR) is 46.9 cm³/mol. The standard InChI is InChI=1S/C9H12N2O/c1-2-4-8(5-3-1)12-9-6-10-11-7-9/h1-5,9-11H,6-7H2. The minimum atomic E-state index is 0.257. The summed E-state index contributed by atoms with van der Waals surface area (Å²) in [5.41, 5.74) is 6.04. The molecule has 2 N–H and O–H groups in total. The Labute approximate surface area is 71.7 Å². The van der Waals surface area contributed by atoms with Gasteiger partial charge in [-0.3, -0.25) is 10.9 Å². The summed E-state index contributed by atoms with van der Waals surface area (Å²) in [5.74, 6) is 0.938. The predicted octanol–water partition coefficient (Wildman–Crippen LogP) is 0.542. The van der Waals surface area contributed by atoms with Crippen LogP contribution in [0.2, 0.25) is 0 Å². The number of hydrogen-bond acceptors (Lipinski definition) is 3. The Balaban J connectivity index is 1.94. The second-order valence-corrected chi connectivity index (χ2v) is 2.81. The average molecular weight is 164 g/mol. The zero-order valence-corrected chi connectivity index (χ0v) is 6.79. The first-order valence-electron chi connectivity index (χ1n) is 4.12. The summed E-state index contributed by atoms with van der Waals surface area (Å²) in [4.78, 5) is 0. The molecule has 3 nitrogen and oxygen atoms in total. The number of rotatable bonds is 2. The van der Waals surface area contributed by atoms with Gasteiger partial charge < -0.3 is 4.74 Å². The van der Waals surface area contributed by atoms with Crippen LogP contribution in [0.4, 0.5) is 0 Å². The highest BCUT2D eigenvalue weighted by molar-refractivity contribution is 5.21. The maximum absolute atomic E-state index is 5.65. The number of para-hydroxylation sites is 1. The quantitative estimate of drug-likeness (QED) is 0.669. The van der Waals surface area contributed by atoms with Crippen molar-refractivity contribution >= 4 is 0 Å². The van der Waals surface area contributed by atoms with Crippen LogP contribution in [0.3, 0.4) is 0 Å². The Morgan fingerprint density at radius 1 is 1.08 bits per heavy atom. The van der Waals surface area contributed by atoms with Crippen molar-refractivity contribution in [2.75, 3.05) is 13.1 Å². The maximum Gasteiger partial charge on any atom is 0.126 e. The van der Waals surface area contributed by atoms with Gasteiger partial charge in [0.15, 0.2) is 0 Å². The second kappa shape index (κ2) is 3.56. The van der Waals surface area contributed by atoms with E-state index < -0.39 is 0 Å². The van der Waals surface area contributed by atoms with Crippen LogP contribution >= 0.6 is 0 Å². The van der Waals surface area contributed by atoms with Crippen molar-refractivity contribution in [2.45, 2.75) is 6.10 Å². The molecule has 1 heterocycles. The molecule has 1 aliphatic heterocycles. The molecular formula is C9H12N2O. The van der Waals surface area contributed by atoms with Gasteiger partial charge in [-0.25, -0.2) is 0 Å². The van der Waals surface area contributed by atoms with E-state index in [1.165, 1.54) is 0 Å². The lowest BCUT2D eigenvalue weighted by Gasteiger charge is -2.10. The number of ether oxygens (including phenoxy) is 1. The van der Waals surface area contributed by atoms with Gasteiger partial charge in [-0.2, -0.15) is 0 Å². The molecule has 2 rings (SSSR count). The molecule has 0 radical (unpaired) electrons. The SMILES string of the molecule is c1ccc(OC2CNNC2)cc1. The van der Waals surface area contributed by atoms with E-state index in [1.807, 2.05) is 30.3 Å². The van der Waals surface area contributed by atoms with Gasteiger partial charge >= 0.3 is 0 Å². The van der Waals surface area contributed by atoms with E-state index >= 15 is 0 Å². The van der Waals surface area contributed by atoms with E-state index in [1.54, 1.807) is 0 Å². The minimum absolute atomic E-state index is 0.257. The van der Waals surface area contributed by atoms with Gasteiger partial charge in [-0.15, -0.1) is 0 Å². The number of hydrazine groups is 1. The Bertz CT molecular complexity index is 232. The summed E-state index contributed by atoms with van der Waals surface area (Å²) in [6.45, 7) is 1.74. The fourth-order valence-corrected chi connectivity index (χ4v) is 1.22. The van der Waals surface area contributed by atoms with Crippen molar-refractivity contribution in [3.63, 3.8) is 0 Å². The van der Waals surface area contributed by atoms with Crippen LogP contribution in [0.1, 0.15) is 0 Å². The molecule has 12 heavy (non-hydrogen) atoms. The Morgan fingerprint density at radius 3 is 2.42 bits per heavy atom. The topological polar surface area (TPSA) is 33.3 Å². The molecular weight excluding hydrogens is 152 g/mol. The lowest BCUT2D eigenvalue weighted by Crippen LogP contribution is -2.21. The molecule has 3 heteroatoms. The third-order valence-electron chi connectivity index (χ3n) is 1.83. The number of benzene rings is 1. The van der Waals surface area contributed by atoms with Crippen LogP contribution in [0, 0.1) is 0 Å². The third-order valence-corrected chi connectivity index (χ3v) is 1.83. The maximum atomic E-state index is 5.65. The highest BCUT2D eigenvalue weighted by Gasteiger charge is 2.14. The first-order valence-corrected chi connectivity index (χ1v) is 4.12. The molecule has 0 unspecified atom stereocenters. The average Bonchev–Trinajstić information content (AvgIpc) is 2.59. The summed E-state index contributed by atoms with van der Waals surface area (Å²) < 4.78 is 5.65. The van der Waals surface area contributed by atoms with Gasteiger partial charge in [0.05, 0.1) is 0 Å². The van der Waals surface area contributed by atoms with E-state index in [0.29, 0.717) is 0 Å². The summed E-state index contributed by atoms with van der Waals surface area (Å²) in [6, 6.07) is 9.88. The molecule has 0 aliphatic carbocycles. The molecule has 1 saturated heterocycles. The van der Waals surface area contributed by atoms with E-state index in [9.17, 15) is 0 Å². The van der Waals surface area contributed by atoms with E-state index in [-0.39, 0.29) is 6.10 Å². The number of nitrogens with one attached hydrogen (secondary N) is 2. The lowest BCUT2D eigenvalue weighted by atomic mass is 10.3.